The van der Waals surface area contributed by atoms with Crippen LogP contribution in [0.5, 0.6) is 0 Å². The van der Waals surface area contributed by atoms with Crippen molar-refractivity contribution in [2.75, 3.05) is 32.0 Å². The molecule has 0 aliphatic rings. The molecule has 0 aromatic carbocycles. The SMILES string of the molecule is CCN(C)CCNc1ncc(C)cc1Br. The molecule has 1 aromatic heterocycles. The Morgan fingerprint density at radius 2 is 2.27 bits per heavy atom. The monoisotopic (exact) mass is 271 g/mol. The van der Waals surface area contributed by atoms with Crippen molar-refractivity contribution in [3.8, 4) is 0 Å². The topological polar surface area (TPSA) is 28.2 Å². The summed E-state index contributed by atoms with van der Waals surface area (Å²) in [5.74, 6) is 0.921. The van der Waals surface area contributed by atoms with Gasteiger partial charge in [0.15, 0.2) is 0 Å². The smallest absolute Gasteiger partial charge is 0.140 e. The Labute approximate surface area is 100 Å². The van der Waals surface area contributed by atoms with Gasteiger partial charge in [-0.25, -0.2) is 4.98 Å². The van der Waals surface area contributed by atoms with Gasteiger partial charge in [-0.2, -0.15) is 0 Å². The van der Waals surface area contributed by atoms with Gasteiger partial charge in [-0.15, -0.1) is 0 Å². The fourth-order valence-electron chi connectivity index (χ4n) is 1.19. The van der Waals surface area contributed by atoms with E-state index in [1.807, 2.05) is 13.1 Å². The summed E-state index contributed by atoms with van der Waals surface area (Å²) in [6, 6.07) is 2.07. The van der Waals surface area contributed by atoms with Crippen LogP contribution in [0.1, 0.15) is 12.5 Å². The van der Waals surface area contributed by atoms with E-state index in [0.29, 0.717) is 0 Å². The van der Waals surface area contributed by atoms with E-state index in [9.17, 15) is 0 Å². The highest BCUT2D eigenvalue weighted by Crippen LogP contribution is 2.19. The summed E-state index contributed by atoms with van der Waals surface area (Å²) < 4.78 is 1.03. The number of hydrogen-bond acceptors (Lipinski definition) is 3. The zero-order chi connectivity index (χ0) is 11.3. The Morgan fingerprint density at radius 1 is 1.53 bits per heavy atom. The number of nitrogens with zero attached hydrogens (tertiary/aromatic N) is 2. The van der Waals surface area contributed by atoms with Crippen LogP contribution in [-0.4, -0.2) is 36.6 Å². The van der Waals surface area contributed by atoms with Crippen molar-refractivity contribution >= 4 is 21.7 Å². The van der Waals surface area contributed by atoms with Gasteiger partial charge in [-0.3, -0.25) is 0 Å². The van der Waals surface area contributed by atoms with Gasteiger partial charge in [-0.05, 0) is 48.1 Å². The molecule has 0 bridgehead atoms. The third kappa shape index (κ3) is 4.18. The lowest BCUT2D eigenvalue weighted by atomic mass is 10.3. The van der Waals surface area contributed by atoms with Crippen molar-refractivity contribution in [1.29, 1.82) is 0 Å². The summed E-state index contributed by atoms with van der Waals surface area (Å²) in [6.45, 7) is 7.20. The normalized spacial score (nSPS) is 10.7. The second kappa shape index (κ2) is 6.08. The molecule has 0 saturated carbocycles. The molecule has 3 nitrogen and oxygen atoms in total. The summed E-state index contributed by atoms with van der Waals surface area (Å²) in [5, 5.41) is 3.31. The number of aromatic nitrogens is 1. The predicted molar refractivity (Wildman–Crippen MR) is 68.3 cm³/mol. The number of nitrogens with one attached hydrogen (secondary N) is 1. The number of hydrogen-bond donors (Lipinski definition) is 1. The zero-order valence-electron chi connectivity index (χ0n) is 9.55. The van der Waals surface area contributed by atoms with E-state index in [1.54, 1.807) is 0 Å². The van der Waals surface area contributed by atoms with Crippen LogP contribution in [0.2, 0.25) is 0 Å². The summed E-state index contributed by atoms with van der Waals surface area (Å²) in [6.07, 6.45) is 1.87. The predicted octanol–water partition coefficient (Wildman–Crippen LogP) is 2.52. The van der Waals surface area contributed by atoms with Crippen molar-refractivity contribution in [3.63, 3.8) is 0 Å². The summed E-state index contributed by atoms with van der Waals surface area (Å²) in [7, 11) is 2.11. The molecule has 0 unspecified atom stereocenters. The van der Waals surface area contributed by atoms with Gasteiger partial charge in [0.2, 0.25) is 0 Å². The van der Waals surface area contributed by atoms with Gasteiger partial charge in [-0.1, -0.05) is 6.92 Å². The van der Waals surface area contributed by atoms with Crippen LogP contribution in [0.25, 0.3) is 0 Å². The highest BCUT2D eigenvalue weighted by atomic mass is 79.9. The molecule has 84 valence electrons. The standard InChI is InChI=1S/C11H18BrN3/c1-4-15(3)6-5-13-11-10(12)7-9(2)8-14-11/h7-8H,4-6H2,1-3H3,(H,13,14). The Hall–Kier alpha value is -0.610. The maximum absolute atomic E-state index is 4.32. The molecule has 0 fully saturated rings. The quantitative estimate of drug-likeness (QED) is 0.892. The Balaban J connectivity index is 2.44. The molecule has 1 rings (SSSR count). The second-order valence-corrected chi connectivity index (χ2v) is 4.52. The lowest BCUT2D eigenvalue weighted by molar-refractivity contribution is 0.367. The van der Waals surface area contributed by atoms with Crippen LogP contribution in [0.3, 0.4) is 0 Å². The third-order valence-electron chi connectivity index (χ3n) is 2.30. The number of halogens is 1. The van der Waals surface area contributed by atoms with Crippen molar-refractivity contribution in [1.82, 2.24) is 9.88 Å². The van der Waals surface area contributed by atoms with Crippen molar-refractivity contribution in [3.05, 3.63) is 22.3 Å². The number of anilines is 1. The highest BCUT2D eigenvalue weighted by Gasteiger charge is 2.01. The first-order valence-corrected chi connectivity index (χ1v) is 5.97. The van der Waals surface area contributed by atoms with Crippen LogP contribution in [0, 0.1) is 6.92 Å². The summed E-state index contributed by atoms with van der Waals surface area (Å²) >= 11 is 3.49. The van der Waals surface area contributed by atoms with Gasteiger partial charge >= 0.3 is 0 Å². The molecule has 4 heteroatoms. The van der Waals surface area contributed by atoms with E-state index in [2.05, 4.69) is 51.2 Å². The van der Waals surface area contributed by atoms with E-state index in [1.165, 1.54) is 0 Å². The lowest BCUT2D eigenvalue weighted by Crippen LogP contribution is -2.25. The maximum Gasteiger partial charge on any atom is 0.140 e. The lowest BCUT2D eigenvalue weighted by Gasteiger charge is -2.14. The molecule has 1 aromatic rings. The van der Waals surface area contributed by atoms with Gasteiger partial charge in [0.25, 0.3) is 0 Å². The summed E-state index contributed by atoms with van der Waals surface area (Å²) in [4.78, 5) is 6.58. The molecule has 0 saturated heterocycles. The highest BCUT2D eigenvalue weighted by molar-refractivity contribution is 9.10. The van der Waals surface area contributed by atoms with Crippen molar-refractivity contribution < 1.29 is 0 Å². The minimum absolute atomic E-state index is 0.916. The van der Waals surface area contributed by atoms with Crippen LogP contribution in [0.4, 0.5) is 5.82 Å². The molecule has 15 heavy (non-hydrogen) atoms. The molecule has 0 atom stereocenters. The molecule has 0 aliphatic heterocycles. The van der Waals surface area contributed by atoms with Crippen LogP contribution in [-0.2, 0) is 0 Å². The molecule has 0 radical (unpaired) electrons. The van der Waals surface area contributed by atoms with Crippen molar-refractivity contribution in [2.45, 2.75) is 13.8 Å². The third-order valence-corrected chi connectivity index (χ3v) is 2.91. The minimum atomic E-state index is 0.916. The Kier molecular flexibility index (Phi) is 5.05. The van der Waals surface area contributed by atoms with Crippen LogP contribution < -0.4 is 5.32 Å². The van der Waals surface area contributed by atoms with E-state index in [-0.39, 0.29) is 0 Å². The van der Waals surface area contributed by atoms with Crippen molar-refractivity contribution in [2.24, 2.45) is 0 Å². The molecule has 1 N–H and O–H groups in total. The summed E-state index contributed by atoms with van der Waals surface area (Å²) in [5.41, 5.74) is 1.16. The first-order valence-electron chi connectivity index (χ1n) is 5.18. The molecular formula is C11H18BrN3. The molecular weight excluding hydrogens is 254 g/mol. The molecule has 0 amide bonds. The van der Waals surface area contributed by atoms with Crippen LogP contribution in [0.15, 0.2) is 16.7 Å². The van der Waals surface area contributed by atoms with E-state index in [0.717, 1.165) is 35.5 Å². The fourth-order valence-corrected chi connectivity index (χ4v) is 1.79. The largest absolute Gasteiger partial charge is 0.368 e. The minimum Gasteiger partial charge on any atom is -0.368 e. The second-order valence-electron chi connectivity index (χ2n) is 3.67. The zero-order valence-corrected chi connectivity index (χ0v) is 11.1. The van der Waals surface area contributed by atoms with E-state index < -0.39 is 0 Å². The van der Waals surface area contributed by atoms with Gasteiger partial charge in [0, 0.05) is 19.3 Å². The number of aryl methyl sites for hydroxylation is 1. The first-order chi connectivity index (χ1) is 7.13. The van der Waals surface area contributed by atoms with Gasteiger partial charge in [0.05, 0.1) is 4.47 Å². The molecule has 0 aliphatic carbocycles. The first kappa shape index (κ1) is 12.5. The number of likely N-dealkylation sites (N-methyl/N-ethyl adjacent to an activating group) is 1. The molecule has 0 spiro atoms. The van der Waals surface area contributed by atoms with E-state index >= 15 is 0 Å². The Bertz CT molecular complexity index is 315. The van der Waals surface area contributed by atoms with E-state index in [4.69, 9.17) is 0 Å². The number of pyridine rings is 1. The van der Waals surface area contributed by atoms with Gasteiger partial charge < -0.3 is 10.2 Å². The molecule has 1 heterocycles. The fraction of sp³-hybridized carbons (Fsp3) is 0.545. The number of rotatable bonds is 5. The Morgan fingerprint density at radius 3 is 2.87 bits per heavy atom. The van der Waals surface area contributed by atoms with Gasteiger partial charge in [0.1, 0.15) is 5.82 Å². The van der Waals surface area contributed by atoms with Crippen LogP contribution >= 0.6 is 15.9 Å². The average Bonchev–Trinajstić information content (AvgIpc) is 2.21. The maximum atomic E-state index is 4.32. The average molecular weight is 272 g/mol.